The fourth-order valence-electron chi connectivity index (χ4n) is 2.02. The Labute approximate surface area is 108 Å². The highest BCUT2D eigenvalue weighted by Crippen LogP contribution is 2.20. The number of aromatic carboxylic acids is 1. The maximum Gasteiger partial charge on any atom is 0.354 e. The quantitative estimate of drug-likeness (QED) is 0.744. The third kappa shape index (κ3) is 1.67. The smallest absolute Gasteiger partial charge is 0.354 e. The van der Waals surface area contributed by atoms with Crippen LogP contribution in [0.3, 0.4) is 0 Å². The van der Waals surface area contributed by atoms with Crippen molar-refractivity contribution in [2.24, 2.45) is 7.05 Å². The summed E-state index contributed by atoms with van der Waals surface area (Å²) in [6.07, 6.45) is 6.50. The molecule has 3 aromatic rings. The van der Waals surface area contributed by atoms with Crippen LogP contribution in [0.1, 0.15) is 16.2 Å². The molecule has 0 amide bonds. The molecule has 0 aromatic carbocycles. The molecule has 3 heterocycles. The molecule has 0 fully saturated rings. The highest BCUT2D eigenvalue weighted by Gasteiger charge is 2.16. The van der Waals surface area contributed by atoms with Gasteiger partial charge in [0, 0.05) is 31.8 Å². The highest BCUT2D eigenvalue weighted by molar-refractivity contribution is 5.86. The molecule has 0 saturated carbocycles. The third-order valence-electron chi connectivity index (χ3n) is 2.98. The predicted octanol–water partition coefficient (Wildman–Crippen LogP) is 1.14. The summed E-state index contributed by atoms with van der Waals surface area (Å²) < 4.78 is 3.20. The summed E-state index contributed by atoms with van der Waals surface area (Å²) >= 11 is 0. The van der Waals surface area contributed by atoms with Gasteiger partial charge in [0.25, 0.3) is 0 Å². The molecule has 0 radical (unpaired) electrons. The molecular weight excluding hydrogens is 246 g/mol. The van der Waals surface area contributed by atoms with Crippen LogP contribution in [0.5, 0.6) is 0 Å². The largest absolute Gasteiger partial charge is 0.477 e. The SMILES string of the molecule is Cc1nccnc1-c1cn2cc(C(=O)O)n(C)c2n1. The van der Waals surface area contributed by atoms with Gasteiger partial charge in [-0.25, -0.2) is 9.78 Å². The second kappa shape index (κ2) is 3.91. The monoisotopic (exact) mass is 257 g/mol. The first-order valence-corrected chi connectivity index (χ1v) is 5.63. The summed E-state index contributed by atoms with van der Waals surface area (Å²) in [5, 5.41) is 9.03. The van der Waals surface area contributed by atoms with E-state index in [1.807, 2.05) is 6.92 Å². The van der Waals surface area contributed by atoms with E-state index in [0.717, 1.165) is 5.69 Å². The Morgan fingerprint density at radius 1 is 1.26 bits per heavy atom. The molecule has 7 nitrogen and oxygen atoms in total. The first kappa shape index (κ1) is 11.4. The van der Waals surface area contributed by atoms with Crippen LogP contribution in [0, 0.1) is 6.92 Å². The minimum absolute atomic E-state index is 0.185. The lowest BCUT2D eigenvalue weighted by molar-refractivity contribution is 0.0686. The van der Waals surface area contributed by atoms with Crippen LogP contribution in [0.2, 0.25) is 0 Å². The zero-order valence-electron chi connectivity index (χ0n) is 10.4. The average Bonchev–Trinajstić information content (AvgIpc) is 2.90. The van der Waals surface area contributed by atoms with Crippen molar-refractivity contribution in [1.29, 1.82) is 0 Å². The van der Waals surface area contributed by atoms with Crippen molar-refractivity contribution >= 4 is 11.7 Å². The number of imidazole rings is 2. The second-order valence-corrected chi connectivity index (χ2v) is 4.20. The number of carbonyl (C=O) groups is 1. The fourth-order valence-corrected chi connectivity index (χ4v) is 2.02. The Kier molecular flexibility index (Phi) is 2.34. The molecule has 0 aliphatic heterocycles. The summed E-state index contributed by atoms with van der Waals surface area (Å²) in [5.41, 5.74) is 2.34. The normalized spacial score (nSPS) is 11.1. The molecule has 0 saturated heterocycles. The molecule has 0 unspecified atom stereocenters. The number of aromatic nitrogens is 5. The number of fused-ring (bicyclic) bond motifs is 1. The van der Waals surface area contributed by atoms with Crippen LogP contribution in [0.15, 0.2) is 24.8 Å². The third-order valence-corrected chi connectivity index (χ3v) is 2.98. The minimum Gasteiger partial charge on any atom is -0.477 e. The molecule has 0 aliphatic carbocycles. The zero-order valence-corrected chi connectivity index (χ0v) is 10.4. The molecule has 3 aromatic heterocycles. The van der Waals surface area contributed by atoms with E-state index >= 15 is 0 Å². The van der Waals surface area contributed by atoms with Gasteiger partial charge in [-0.05, 0) is 6.92 Å². The molecule has 19 heavy (non-hydrogen) atoms. The van der Waals surface area contributed by atoms with Crippen LogP contribution < -0.4 is 0 Å². The van der Waals surface area contributed by atoms with Crippen LogP contribution in [0.4, 0.5) is 0 Å². The Hall–Kier alpha value is -2.70. The molecule has 3 rings (SSSR count). The van der Waals surface area contributed by atoms with Crippen LogP contribution in [0.25, 0.3) is 17.2 Å². The number of carboxylic acids is 1. The van der Waals surface area contributed by atoms with Gasteiger partial charge in [0.2, 0.25) is 5.78 Å². The lowest BCUT2D eigenvalue weighted by Crippen LogP contribution is -2.04. The number of carboxylic acid groups (broad SMARTS) is 1. The second-order valence-electron chi connectivity index (χ2n) is 4.20. The van der Waals surface area contributed by atoms with Gasteiger partial charge in [-0.3, -0.25) is 14.4 Å². The van der Waals surface area contributed by atoms with Crippen LogP contribution >= 0.6 is 0 Å². The lowest BCUT2D eigenvalue weighted by Gasteiger charge is -1.99. The molecule has 1 N–H and O–H groups in total. The van der Waals surface area contributed by atoms with Gasteiger partial charge < -0.3 is 9.67 Å². The van der Waals surface area contributed by atoms with E-state index in [1.165, 1.54) is 10.8 Å². The average molecular weight is 257 g/mol. The summed E-state index contributed by atoms with van der Waals surface area (Å²) in [6, 6.07) is 0. The molecule has 0 spiro atoms. The van der Waals surface area contributed by atoms with Crippen molar-refractivity contribution in [3.8, 4) is 11.4 Å². The molecule has 0 atom stereocenters. The van der Waals surface area contributed by atoms with Gasteiger partial charge in [-0.2, -0.15) is 0 Å². The topological polar surface area (TPSA) is 85.3 Å². The van der Waals surface area contributed by atoms with Crippen molar-refractivity contribution < 1.29 is 9.90 Å². The van der Waals surface area contributed by atoms with Crippen molar-refractivity contribution in [2.45, 2.75) is 6.92 Å². The number of rotatable bonds is 2. The van der Waals surface area contributed by atoms with Crippen molar-refractivity contribution in [2.75, 3.05) is 0 Å². The van der Waals surface area contributed by atoms with E-state index in [-0.39, 0.29) is 5.69 Å². The summed E-state index contributed by atoms with van der Waals surface area (Å²) in [7, 11) is 1.67. The number of aryl methyl sites for hydroxylation is 2. The molecular formula is C12H11N5O2. The van der Waals surface area contributed by atoms with Gasteiger partial charge in [-0.15, -0.1) is 0 Å². The Morgan fingerprint density at radius 3 is 2.63 bits per heavy atom. The molecule has 7 heteroatoms. The molecule has 0 aliphatic rings. The first-order valence-electron chi connectivity index (χ1n) is 5.63. The van der Waals surface area contributed by atoms with E-state index < -0.39 is 5.97 Å². The van der Waals surface area contributed by atoms with E-state index in [2.05, 4.69) is 15.0 Å². The molecule has 96 valence electrons. The van der Waals surface area contributed by atoms with E-state index in [1.54, 1.807) is 30.0 Å². The Morgan fingerprint density at radius 2 is 2.00 bits per heavy atom. The van der Waals surface area contributed by atoms with Gasteiger partial charge in [0.05, 0.1) is 5.69 Å². The van der Waals surface area contributed by atoms with E-state index in [9.17, 15) is 4.79 Å². The zero-order chi connectivity index (χ0) is 13.6. The lowest BCUT2D eigenvalue weighted by atomic mass is 10.2. The maximum absolute atomic E-state index is 11.0. The van der Waals surface area contributed by atoms with Crippen LogP contribution in [-0.2, 0) is 7.05 Å². The van der Waals surface area contributed by atoms with Gasteiger partial charge in [0.1, 0.15) is 17.1 Å². The summed E-state index contributed by atoms with van der Waals surface area (Å²) in [5.74, 6) is -0.428. The summed E-state index contributed by atoms with van der Waals surface area (Å²) in [6.45, 7) is 1.86. The fraction of sp³-hybridized carbons (Fsp3) is 0.167. The number of hydrogen-bond acceptors (Lipinski definition) is 4. The van der Waals surface area contributed by atoms with Gasteiger partial charge in [-0.1, -0.05) is 0 Å². The van der Waals surface area contributed by atoms with Gasteiger partial charge >= 0.3 is 5.97 Å². The standard InChI is InChI=1S/C12H11N5O2/c1-7-10(14-4-3-13-7)8-5-17-6-9(11(18)19)16(2)12(17)15-8/h3-6H,1-2H3,(H,18,19). The van der Waals surface area contributed by atoms with Crippen LogP contribution in [-0.4, -0.2) is 35.0 Å². The highest BCUT2D eigenvalue weighted by atomic mass is 16.4. The van der Waals surface area contributed by atoms with E-state index in [4.69, 9.17) is 5.11 Å². The van der Waals surface area contributed by atoms with E-state index in [0.29, 0.717) is 17.2 Å². The number of hydrogen-bond donors (Lipinski definition) is 1. The Balaban J connectivity index is 2.19. The Bertz CT molecular complexity index is 787. The summed E-state index contributed by atoms with van der Waals surface area (Å²) in [4.78, 5) is 23.8. The first-order chi connectivity index (χ1) is 9.08. The number of nitrogens with zero attached hydrogens (tertiary/aromatic N) is 5. The minimum atomic E-state index is -0.981. The molecule has 0 bridgehead atoms. The van der Waals surface area contributed by atoms with Gasteiger partial charge in [0.15, 0.2) is 0 Å². The van der Waals surface area contributed by atoms with Crippen molar-refractivity contribution in [3.63, 3.8) is 0 Å². The maximum atomic E-state index is 11.0. The van der Waals surface area contributed by atoms with Crippen molar-refractivity contribution in [3.05, 3.63) is 36.2 Å². The predicted molar refractivity (Wildman–Crippen MR) is 66.9 cm³/mol. The van der Waals surface area contributed by atoms with Crippen molar-refractivity contribution in [1.82, 2.24) is 23.9 Å².